The highest BCUT2D eigenvalue weighted by Gasteiger charge is 2.02. The average molecular weight is 235 g/mol. The van der Waals surface area contributed by atoms with Crippen molar-refractivity contribution < 1.29 is 0 Å². The number of aryl methyl sites for hydroxylation is 2. The zero-order valence-corrected chi connectivity index (χ0v) is 10.1. The van der Waals surface area contributed by atoms with Crippen molar-refractivity contribution in [1.82, 2.24) is 4.98 Å². The lowest BCUT2D eigenvalue weighted by Crippen LogP contribution is -2.00. The molecule has 2 aromatic rings. The van der Waals surface area contributed by atoms with E-state index in [2.05, 4.69) is 23.2 Å². The summed E-state index contributed by atoms with van der Waals surface area (Å²) in [5, 5.41) is 1.73. The van der Waals surface area contributed by atoms with Crippen LogP contribution in [0.5, 0.6) is 0 Å². The highest BCUT2D eigenvalue weighted by molar-refractivity contribution is 6.30. The number of hydrogen-bond donors (Lipinski definition) is 1. The topological polar surface area (TPSA) is 38.9 Å². The minimum absolute atomic E-state index is 0.585. The molecule has 0 unspecified atom stereocenters. The number of nitrogens with two attached hydrogens (primary N) is 1. The molecule has 84 valence electrons. The predicted molar refractivity (Wildman–Crippen MR) is 68.9 cm³/mol. The molecule has 0 fully saturated rings. The van der Waals surface area contributed by atoms with E-state index >= 15 is 0 Å². The van der Waals surface area contributed by atoms with E-state index in [0.29, 0.717) is 5.15 Å². The highest BCUT2D eigenvalue weighted by atomic mass is 35.5. The van der Waals surface area contributed by atoms with E-state index in [1.165, 1.54) is 5.56 Å². The third-order valence-electron chi connectivity index (χ3n) is 2.68. The van der Waals surface area contributed by atoms with Gasteiger partial charge >= 0.3 is 0 Å². The first-order chi connectivity index (χ1) is 7.70. The van der Waals surface area contributed by atoms with E-state index in [0.717, 1.165) is 35.9 Å². The number of nitrogens with zero attached hydrogens (tertiary/aromatic N) is 1. The van der Waals surface area contributed by atoms with E-state index in [-0.39, 0.29) is 0 Å². The van der Waals surface area contributed by atoms with Gasteiger partial charge in [0.1, 0.15) is 5.15 Å². The van der Waals surface area contributed by atoms with Gasteiger partial charge in [-0.05, 0) is 55.6 Å². The number of benzene rings is 1. The van der Waals surface area contributed by atoms with Crippen LogP contribution in [-0.4, -0.2) is 11.5 Å². The SMILES string of the molecule is Cc1cc2cc(CCCN)ccc2nc1Cl. The number of fused-ring (bicyclic) bond motifs is 1. The fourth-order valence-corrected chi connectivity index (χ4v) is 1.92. The minimum Gasteiger partial charge on any atom is -0.330 e. The summed E-state index contributed by atoms with van der Waals surface area (Å²) in [6.07, 6.45) is 2.04. The molecule has 2 N–H and O–H groups in total. The van der Waals surface area contributed by atoms with Gasteiger partial charge in [0.15, 0.2) is 0 Å². The molecule has 3 heteroatoms. The quantitative estimate of drug-likeness (QED) is 0.829. The molecule has 1 aromatic heterocycles. The Morgan fingerprint density at radius 2 is 2.12 bits per heavy atom. The molecule has 1 aromatic carbocycles. The normalized spacial score (nSPS) is 10.9. The van der Waals surface area contributed by atoms with Crippen molar-refractivity contribution in [2.45, 2.75) is 19.8 Å². The summed E-state index contributed by atoms with van der Waals surface area (Å²) < 4.78 is 0. The van der Waals surface area contributed by atoms with E-state index < -0.39 is 0 Å². The summed E-state index contributed by atoms with van der Waals surface area (Å²) in [7, 11) is 0. The summed E-state index contributed by atoms with van der Waals surface area (Å²) in [5.74, 6) is 0. The van der Waals surface area contributed by atoms with Crippen LogP contribution >= 0.6 is 11.6 Å². The van der Waals surface area contributed by atoms with E-state index in [1.54, 1.807) is 0 Å². The van der Waals surface area contributed by atoms with Crippen LogP contribution < -0.4 is 5.73 Å². The van der Waals surface area contributed by atoms with Gasteiger partial charge in [0.05, 0.1) is 5.52 Å². The van der Waals surface area contributed by atoms with Gasteiger partial charge in [-0.2, -0.15) is 0 Å². The van der Waals surface area contributed by atoms with Crippen LogP contribution in [0.25, 0.3) is 10.9 Å². The Labute approximate surface area is 100 Å². The molecule has 1 heterocycles. The van der Waals surface area contributed by atoms with Crippen LogP contribution in [0.1, 0.15) is 17.5 Å². The maximum Gasteiger partial charge on any atom is 0.132 e. The first-order valence-corrected chi connectivity index (χ1v) is 5.84. The zero-order valence-electron chi connectivity index (χ0n) is 9.33. The fourth-order valence-electron chi connectivity index (χ4n) is 1.77. The van der Waals surface area contributed by atoms with Gasteiger partial charge in [0, 0.05) is 5.39 Å². The Morgan fingerprint density at radius 3 is 2.88 bits per heavy atom. The Hall–Kier alpha value is -1.12. The maximum atomic E-state index is 5.98. The summed E-state index contributed by atoms with van der Waals surface area (Å²) in [6.45, 7) is 2.71. The Morgan fingerprint density at radius 1 is 1.31 bits per heavy atom. The van der Waals surface area contributed by atoms with Crippen molar-refractivity contribution in [2.75, 3.05) is 6.54 Å². The van der Waals surface area contributed by atoms with Crippen molar-refractivity contribution in [3.05, 3.63) is 40.5 Å². The lowest BCUT2D eigenvalue weighted by molar-refractivity contribution is 0.833. The van der Waals surface area contributed by atoms with Crippen molar-refractivity contribution in [3.8, 4) is 0 Å². The summed E-state index contributed by atoms with van der Waals surface area (Å²) in [5.41, 5.74) is 8.78. The molecule has 0 radical (unpaired) electrons. The number of rotatable bonds is 3. The first-order valence-electron chi connectivity index (χ1n) is 5.46. The molecular formula is C13H15ClN2. The van der Waals surface area contributed by atoms with Gasteiger partial charge in [0.25, 0.3) is 0 Å². The van der Waals surface area contributed by atoms with Crippen LogP contribution in [0.15, 0.2) is 24.3 Å². The monoisotopic (exact) mass is 234 g/mol. The molecule has 2 nitrogen and oxygen atoms in total. The van der Waals surface area contributed by atoms with Gasteiger partial charge in [-0.3, -0.25) is 0 Å². The number of halogens is 1. The Bertz CT molecular complexity index is 509. The van der Waals surface area contributed by atoms with Gasteiger partial charge in [0.2, 0.25) is 0 Å². The average Bonchev–Trinajstić information content (AvgIpc) is 2.28. The zero-order chi connectivity index (χ0) is 11.5. The molecule has 0 amide bonds. The Kier molecular flexibility index (Phi) is 3.42. The third-order valence-corrected chi connectivity index (χ3v) is 3.06. The second-order valence-electron chi connectivity index (χ2n) is 4.02. The van der Waals surface area contributed by atoms with Crippen LogP contribution in [0, 0.1) is 6.92 Å². The van der Waals surface area contributed by atoms with Gasteiger partial charge in [-0.25, -0.2) is 4.98 Å². The molecular weight excluding hydrogens is 220 g/mol. The molecule has 0 atom stereocenters. The number of aromatic nitrogens is 1. The summed E-state index contributed by atoms with van der Waals surface area (Å²) >= 11 is 5.98. The van der Waals surface area contributed by atoms with Crippen molar-refractivity contribution in [3.63, 3.8) is 0 Å². The van der Waals surface area contributed by atoms with Crippen molar-refractivity contribution in [2.24, 2.45) is 5.73 Å². The maximum absolute atomic E-state index is 5.98. The molecule has 0 aliphatic carbocycles. The molecule has 0 saturated heterocycles. The van der Waals surface area contributed by atoms with Gasteiger partial charge < -0.3 is 5.73 Å². The van der Waals surface area contributed by atoms with Gasteiger partial charge in [-0.1, -0.05) is 17.7 Å². The van der Waals surface area contributed by atoms with Crippen LogP contribution in [0.2, 0.25) is 5.15 Å². The smallest absolute Gasteiger partial charge is 0.132 e. The molecule has 2 rings (SSSR count). The molecule has 0 bridgehead atoms. The lowest BCUT2D eigenvalue weighted by Gasteiger charge is -2.04. The molecule has 0 saturated carbocycles. The highest BCUT2D eigenvalue weighted by Crippen LogP contribution is 2.21. The van der Waals surface area contributed by atoms with E-state index in [1.807, 2.05) is 13.0 Å². The number of pyridine rings is 1. The van der Waals surface area contributed by atoms with Crippen LogP contribution in [0.4, 0.5) is 0 Å². The largest absolute Gasteiger partial charge is 0.330 e. The molecule has 0 spiro atoms. The molecule has 0 aliphatic rings. The lowest BCUT2D eigenvalue weighted by atomic mass is 10.1. The van der Waals surface area contributed by atoms with E-state index in [4.69, 9.17) is 17.3 Å². The second-order valence-corrected chi connectivity index (χ2v) is 4.37. The summed E-state index contributed by atoms with van der Waals surface area (Å²) in [6, 6.07) is 8.36. The Balaban J connectivity index is 2.41. The van der Waals surface area contributed by atoms with Gasteiger partial charge in [-0.15, -0.1) is 0 Å². The summed E-state index contributed by atoms with van der Waals surface area (Å²) in [4.78, 5) is 4.34. The second kappa shape index (κ2) is 4.81. The molecule has 16 heavy (non-hydrogen) atoms. The van der Waals surface area contributed by atoms with Crippen molar-refractivity contribution >= 4 is 22.5 Å². The molecule has 0 aliphatic heterocycles. The van der Waals surface area contributed by atoms with Crippen LogP contribution in [0.3, 0.4) is 0 Å². The van der Waals surface area contributed by atoms with E-state index in [9.17, 15) is 0 Å². The van der Waals surface area contributed by atoms with Crippen molar-refractivity contribution in [1.29, 1.82) is 0 Å². The standard InChI is InChI=1S/C13H15ClN2/c1-9-7-11-8-10(3-2-6-15)4-5-12(11)16-13(9)14/h4-5,7-8H,2-3,6,15H2,1H3. The number of hydrogen-bond acceptors (Lipinski definition) is 2. The predicted octanol–water partition coefficient (Wildman–Crippen LogP) is 3.09. The minimum atomic E-state index is 0.585. The van der Waals surface area contributed by atoms with Crippen LogP contribution in [-0.2, 0) is 6.42 Å². The third kappa shape index (κ3) is 2.34. The first kappa shape index (κ1) is 11.4. The fraction of sp³-hybridized carbons (Fsp3) is 0.308.